The van der Waals surface area contributed by atoms with Gasteiger partial charge in [0.05, 0.1) is 24.5 Å². The van der Waals surface area contributed by atoms with Crippen LogP contribution in [0.2, 0.25) is 0 Å². The van der Waals surface area contributed by atoms with E-state index in [2.05, 4.69) is 13.8 Å². The third-order valence-corrected chi connectivity index (χ3v) is 13.2. The van der Waals surface area contributed by atoms with Crippen molar-refractivity contribution in [1.29, 1.82) is 0 Å². The van der Waals surface area contributed by atoms with E-state index in [-0.39, 0.29) is 29.9 Å². The zero-order valence-electron chi connectivity index (χ0n) is 43.3. The molecule has 0 saturated heterocycles. The van der Waals surface area contributed by atoms with Crippen LogP contribution >= 0.6 is 8.17 Å². The Morgan fingerprint density at radius 1 is 0.556 bits per heavy atom. The van der Waals surface area contributed by atoms with Crippen molar-refractivity contribution in [3.63, 3.8) is 0 Å². The predicted molar refractivity (Wildman–Crippen MR) is 261 cm³/mol. The van der Waals surface area contributed by atoms with Gasteiger partial charge < -0.3 is 49.2 Å². The van der Waals surface area contributed by atoms with Gasteiger partial charge in [0.15, 0.2) is 12.3 Å². The first kappa shape index (κ1) is 68.7. The molecule has 1 unspecified atom stereocenters. The number of esters is 2. The van der Waals surface area contributed by atoms with Crippen LogP contribution in [-0.2, 0) is 75.5 Å². The van der Waals surface area contributed by atoms with Crippen LogP contribution in [-0.4, -0.2) is 109 Å². The van der Waals surface area contributed by atoms with Crippen molar-refractivity contribution >= 4 is 44.0 Å². The average Bonchev–Trinajstić information content (AvgIpc) is 3.31. The summed E-state index contributed by atoms with van der Waals surface area (Å²) in [6.07, 6.45) is 25.9. The first-order valence-electron chi connectivity index (χ1n) is 26.4. The summed E-state index contributed by atoms with van der Waals surface area (Å²) in [7, 11) is -5.08. The summed E-state index contributed by atoms with van der Waals surface area (Å²) in [5, 5.41) is 44.6. The zero-order chi connectivity index (χ0) is 52.4. The van der Waals surface area contributed by atoms with Gasteiger partial charge in [-0.3, -0.25) is 24.2 Å². The van der Waals surface area contributed by atoms with Crippen LogP contribution in [0.3, 0.4) is 0 Å². The van der Waals surface area contributed by atoms with E-state index in [9.17, 15) is 54.1 Å². The molecule has 413 valence electrons. The summed E-state index contributed by atoms with van der Waals surface area (Å²) in [4.78, 5) is 88.9. The number of carboxylic acid groups (broad SMARTS) is 4. The van der Waals surface area contributed by atoms with Gasteiger partial charge in [0.2, 0.25) is 0 Å². The Bertz CT molecular complexity index is 1550. The number of hydrogen-bond acceptors (Lipinski definition) is 17. The fourth-order valence-electron chi connectivity index (χ4n) is 7.93. The smallest absolute Gasteiger partial charge is 0.606 e. The summed E-state index contributed by atoms with van der Waals surface area (Å²) in [6.45, 7) is -2.61. The van der Waals surface area contributed by atoms with Gasteiger partial charge in [-0.2, -0.15) is 13.6 Å². The summed E-state index contributed by atoms with van der Waals surface area (Å²) in [6, 6.07) is 8.22. The molecule has 0 aliphatic heterocycles. The minimum Gasteiger partial charge on any atom is -0.606 e. The van der Waals surface area contributed by atoms with Crippen molar-refractivity contribution in [2.24, 2.45) is 0 Å². The molecule has 0 bridgehead atoms. The largest absolute Gasteiger partial charge is 3.00 e. The maximum Gasteiger partial charge on any atom is 3.00 e. The Hall–Kier alpha value is -3.25. The van der Waals surface area contributed by atoms with E-state index >= 15 is 0 Å². The number of aliphatic carboxylic acids is 4. The molecule has 1 aromatic carbocycles. The quantitative estimate of drug-likeness (QED) is 0.0259. The molecule has 1 radical (unpaired) electrons. The van der Waals surface area contributed by atoms with Crippen LogP contribution < -0.4 is 20.2 Å². The maximum atomic E-state index is 14.7. The van der Waals surface area contributed by atoms with Gasteiger partial charge in [0.25, 0.3) is 0 Å². The van der Waals surface area contributed by atoms with Gasteiger partial charge in [-0.1, -0.05) is 198 Å². The van der Waals surface area contributed by atoms with Crippen LogP contribution in [0.25, 0.3) is 0 Å². The molecular formula is C52H86FeN2O16P. The fourth-order valence-corrected chi connectivity index (χ4v) is 9.28. The van der Waals surface area contributed by atoms with Crippen molar-refractivity contribution in [3.8, 4) is 0 Å². The van der Waals surface area contributed by atoms with Gasteiger partial charge >= 0.3 is 43.1 Å². The average molecular weight is 1080 g/mol. The molecule has 18 nitrogen and oxygen atoms in total. The Balaban J connectivity index is 0.0000504. The minimum atomic E-state index is -5.08. The first-order chi connectivity index (χ1) is 34.2. The molecule has 1 rings (SSSR count). The molecule has 0 spiro atoms. The SMILES string of the molecule is CCCCCCCCCCCCCCCC(=O)OC[C@H](CO[P+]([O-])(OCc1ccccc1)O[C@@H](CN(CC(=O)[O-])CC(=O)[O-])N(CC(=O)[O-])CC(=O)O)OC(=O)CCCCCCCCCCCCCCC.[Fe+3]. The van der Waals surface area contributed by atoms with Crippen molar-refractivity contribution in [2.45, 2.75) is 213 Å². The molecule has 0 fully saturated rings. The van der Waals surface area contributed by atoms with E-state index < -0.39 is 109 Å². The third kappa shape index (κ3) is 40.2. The van der Waals surface area contributed by atoms with Crippen LogP contribution in [0.5, 0.6) is 0 Å². The summed E-state index contributed by atoms with van der Waals surface area (Å²) in [5.74, 6) is -8.14. The second kappa shape index (κ2) is 45.2. The van der Waals surface area contributed by atoms with Crippen molar-refractivity contribution in [2.75, 3.05) is 45.9 Å². The molecule has 20 heteroatoms. The number of carboxylic acids is 4. The Morgan fingerprint density at radius 2 is 0.972 bits per heavy atom. The number of carbonyl (C=O) groups is 6. The number of hydrogen-bond donors (Lipinski definition) is 1. The normalized spacial score (nSPS) is 13.0. The number of benzene rings is 1. The second-order valence-corrected chi connectivity index (χ2v) is 20.0. The van der Waals surface area contributed by atoms with Crippen LogP contribution in [0, 0.1) is 0 Å². The number of phosphoric ester groups is 1. The summed E-state index contributed by atoms with van der Waals surface area (Å²) in [5.41, 5.74) is 0.451. The fraction of sp³-hybridized carbons (Fsp3) is 0.769. The van der Waals surface area contributed by atoms with E-state index in [1.54, 1.807) is 30.3 Å². The zero-order valence-corrected chi connectivity index (χ0v) is 45.3. The van der Waals surface area contributed by atoms with E-state index in [1.165, 1.54) is 103 Å². The molecular weight excluding hydrogens is 995 g/mol. The van der Waals surface area contributed by atoms with E-state index in [0.717, 1.165) is 51.4 Å². The Labute approximate surface area is 440 Å². The third-order valence-electron chi connectivity index (χ3n) is 11.8. The molecule has 0 aliphatic carbocycles. The number of phosphoric acid groups is 1. The second-order valence-electron chi connectivity index (χ2n) is 18.4. The van der Waals surface area contributed by atoms with Gasteiger partial charge in [-0.05, 0) is 18.4 Å². The van der Waals surface area contributed by atoms with Gasteiger partial charge in [-0.15, -0.1) is 0 Å². The van der Waals surface area contributed by atoms with Gasteiger partial charge in [0.1, 0.15) is 19.8 Å². The number of rotatable bonds is 50. The van der Waals surface area contributed by atoms with E-state index in [1.807, 2.05) is 0 Å². The molecule has 0 heterocycles. The maximum absolute atomic E-state index is 14.7. The molecule has 0 aliphatic rings. The molecule has 0 aromatic heterocycles. The van der Waals surface area contributed by atoms with E-state index in [0.29, 0.717) is 28.2 Å². The standard InChI is InChI=1S/C52H89N2O16P.Fe/c1-3-5-7-9-11-13-15-17-19-21-23-25-30-34-51(63)66-42-45(69-52(64)35-31-26-24-22-20-18-16-14-12-10-8-6-4-2)43-68-71(65,67-41-44-32-28-27-29-33-44)70-46(54(39-49(59)60)40-50(61)62)36-53(37-47(55)56)38-48(57)58;/h27-29,32-33,45-46H,3-26,30-31,34-43H2,1-2H3,(H,55,56)(H,57,58)(H,59,60)(H,61,62);/q;+3/p-3/t45-,46+,71?;/m1./s1. The molecule has 3 atom stereocenters. The molecule has 1 aromatic rings. The molecule has 1 N–H and O–H groups in total. The van der Waals surface area contributed by atoms with Crippen LogP contribution in [0.15, 0.2) is 30.3 Å². The van der Waals surface area contributed by atoms with Crippen LogP contribution in [0.4, 0.5) is 0 Å². The number of carbonyl (C=O) groups excluding carboxylic acids is 5. The first-order valence-corrected chi connectivity index (χ1v) is 27.9. The predicted octanol–water partition coefficient (Wildman–Crippen LogP) is 5.95. The minimum absolute atomic E-state index is 0. The topological polar surface area (TPSA) is 268 Å². The molecule has 72 heavy (non-hydrogen) atoms. The van der Waals surface area contributed by atoms with Crippen molar-refractivity contribution < 1.29 is 94.2 Å². The number of ether oxygens (including phenoxy) is 2. The van der Waals surface area contributed by atoms with E-state index in [4.69, 9.17) is 23.0 Å². The Morgan fingerprint density at radius 3 is 1.39 bits per heavy atom. The number of nitrogens with zero attached hydrogens (tertiary/aromatic N) is 2. The van der Waals surface area contributed by atoms with Gasteiger partial charge in [0, 0.05) is 39.0 Å². The summed E-state index contributed by atoms with van der Waals surface area (Å²) >= 11 is 0. The molecule has 0 amide bonds. The number of unbranched alkanes of at least 4 members (excludes halogenated alkanes) is 24. The van der Waals surface area contributed by atoms with Crippen molar-refractivity contribution in [1.82, 2.24) is 9.80 Å². The van der Waals surface area contributed by atoms with Gasteiger partial charge in [-0.25, -0.2) is 0 Å². The van der Waals surface area contributed by atoms with Crippen molar-refractivity contribution in [3.05, 3.63) is 35.9 Å². The van der Waals surface area contributed by atoms with Crippen LogP contribution in [0.1, 0.15) is 199 Å². The monoisotopic (exact) mass is 1080 g/mol. The molecule has 0 saturated carbocycles. The Kier molecular flexibility index (Phi) is 43.1. The summed E-state index contributed by atoms with van der Waals surface area (Å²) < 4.78 is 28.3.